The predicted molar refractivity (Wildman–Crippen MR) is 68.7 cm³/mol. The Balaban J connectivity index is 2.26. The van der Waals surface area contributed by atoms with Crippen LogP contribution in [-0.4, -0.2) is 42.6 Å². The van der Waals surface area contributed by atoms with Crippen LogP contribution in [0.3, 0.4) is 0 Å². The number of rotatable bonds is 5. The molecule has 1 fully saturated rings. The van der Waals surface area contributed by atoms with Crippen molar-refractivity contribution in [3.8, 4) is 0 Å². The smallest absolute Gasteiger partial charge is 0.0634 e. The minimum Gasteiger partial charge on any atom is -0.379 e. The van der Waals surface area contributed by atoms with E-state index in [0.717, 1.165) is 17.7 Å². The Hall–Kier alpha value is 0.400. The monoisotopic (exact) mass is 277 g/mol. The van der Waals surface area contributed by atoms with E-state index in [0.29, 0.717) is 0 Å². The molecule has 0 spiro atoms. The maximum absolute atomic E-state index is 5.45. The molecule has 0 N–H and O–H groups in total. The minimum absolute atomic E-state index is 0.0291. The molecule has 2 nitrogen and oxygen atoms in total. The van der Waals surface area contributed by atoms with Gasteiger partial charge in [0.25, 0.3) is 0 Å². The summed E-state index contributed by atoms with van der Waals surface area (Å²) in [5.41, 5.74) is 0.0291. The largest absolute Gasteiger partial charge is 0.379 e. The molecule has 1 unspecified atom stereocenters. The van der Waals surface area contributed by atoms with E-state index in [4.69, 9.17) is 4.74 Å². The molecule has 1 rings (SSSR count). The quantitative estimate of drug-likeness (QED) is 0.717. The van der Waals surface area contributed by atoms with Gasteiger partial charge < -0.3 is 9.64 Å². The number of nitrogens with zero attached hydrogens (tertiary/aromatic N) is 1. The molecule has 0 bridgehead atoms. The first-order valence-corrected chi connectivity index (χ1v) is 7.03. The van der Waals surface area contributed by atoms with Gasteiger partial charge in [0.05, 0.1) is 5.60 Å². The molecular weight excluding hydrogens is 254 g/mol. The first-order valence-electron chi connectivity index (χ1n) is 5.91. The highest BCUT2D eigenvalue weighted by atomic mass is 79.9. The van der Waals surface area contributed by atoms with Gasteiger partial charge in [-0.3, -0.25) is 0 Å². The minimum atomic E-state index is 0.0291. The summed E-state index contributed by atoms with van der Waals surface area (Å²) in [6, 6.07) is 0. The molecule has 0 aromatic carbocycles. The summed E-state index contributed by atoms with van der Waals surface area (Å²) in [7, 11) is 1.80. The number of halogens is 1. The van der Waals surface area contributed by atoms with Crippen molar-refractivity contribution in [2.75, 3.05) is 32.1 Å². The Bertz CT molecular complexity index is 184. The summed E-state index contributed by atoms with van der Waals surface area (Å²) in [5.74, 6) is 0.851. The SMILES string of the molecule is COC(C)(C)CCN1CCCC(CBr)C1. The molecule has 1 aliphatic heterocycles. The van der Waals surface area contributed by atoms with Crippen LogP contribution in [-0.2, 0) is 4.74 Å². The molecule has 0 amide bonds. The zero-order chi connectivity index (χ0) is 11.3. The maximum Gasteiger partial charge on any atom is 0.0634 e. The van der Waals surface area contributed by atoms with Gasteiger partial charge in [0.15, 0.2) is 0 Å². The van der Waals surface area contributed by atoms with Crippen LogP contribution in [0, 0.1) is 5.92 Å². The van der Waals surface area contributed by atoms with Crippen molar-refractivity contribution in [3.63, 3.8) is 0 Å². The van der Waals surface area contributed by atoms with Crippen LogP contribution in [0.2, 0.25) is 0 Å². The summed E-state index contributed by atoms with van der Waals surface area (Å²) in [6.07, 6.45) is 3.86. The van der Waals surface area contributed by atoms with E-state index in [2.05, 4.69) is 34.7 Å². The van der Waals surface area contributed by atoms with E-state index in [1.807, 2.05) is 0 Å². The molecule has 0 radical (unpaired) electrons. The lowest BCUT2D eigenvalue weighted by molar-refractivity contribution is 0.00460. The van der Waals surface area contributed by atoms with Crippen LogP contribution >= 0.6 is 15.9 Å². The number of hydrogen-bond donors (Lipinski definition) is 0. The summed E-state index contributed by atoms with van der Waals surface area (Å²) >= 11 is 3.59. The Morgan fingerprint density at radius 3 is 2.80 bits per heavy atom. The molecule has 15 heavy (non-hydrogen) atoms. The second kappa shape index (κ2) is 6.21. The van der Waals surface area contributed by atoms with E-state index in [1.165, 1.54) is 32.5 Å². The molecule has 1 saturated heterocycles. The molecule has 0 aliphatic carbocycles. The Morgan fingerprint density at radius 2 is 2.20 bits per heavy atom. The van der Waals surface area contributed by atoms with Crippen LogP contribution in [0.25, 0.3) is 0 Å². The van der Waals surface area contributed by atoms with Gasteiger partial charge in [-0.15, -0.1) is 0 Å². The van der Waals surface area contributed by atoms with E-state index in [1.54, 1.807) is 7.11 Å². The predicted octanol–water partition coefficient (Wildman–Crippen LogP) is 2.91. The summed E-state index contributed by atoms with van der Waals surface area (Å²) in [4.78, 5) is 2.58. The van der Waals surface area contributed by atoms with Gasteiger partial charge in [-0.05, 0) is 45.6 Å². The zero-order valence-electron chi connectivity index (χ0n) is 10.3. The highest BCUT2D eigenvalue weighted by molar-refractivity contribution is 9.09. The van der Waals surface area contributed by atoms with Crippen molar-refractivity contribution in [1.29, 1.82) is 0 Å². The van der Waals surface area contributed by atoms with Gasteiger partial charge in [-0.1, -0.05) is 15.9 Å². The van der Waals surface area contributed by atoms with Crippen molar-refractivity contribution in [2.45, 2.75) is 38.7 Å². The normalized spacial score (nSPS) is 24.4. The fourth-order valence-corrected chi connectivity index (χ4v) is 2.54. The van der Waals surface area contributed by atoms with E-state index >= 15 is 0 Å². The second-order valence-corrected chi connectivity index (χ2v) is 5.82. The molecule has 3 heteroatoms. The van der Waals surface area contributed by atoms with Crippen molar-refractivity contribution in [1.82, 2.24) is 4.90 Å². The summed E-state index contributed by atoms with van der Waals surface area (Å²) in [6.45, 7) is 8.02. The van der Waals surface area contributed by atoms with Gasteiger partial charge in [-0.2, -0.15) is 0 Å². The first kappa shape index (κ1) is 13.5. The average molecular weight is 278 g/mol. The topological polar surface area (TPSA) is 12.5 Å². The number of likely N-dealkylation sites (tertiary alicyclic amines) is 1. The molecule has 1 heterocycles. The van der Waals surface area contributed by atoms with Crippen molar-refractivity contribution in [2.24, 2.45) is 5.92 Å². The number of alkyl halides is 1. The highest BCUT2D eigenvalue weighted by Crippen LogP contribution is 2.20. The summed E-state index contributed by atoms with van der Waals surface area (Å²) < 4.78 is 5.45. The Kier molecular flexibility index (Phi) is 5.58. The van der Waals surface area contributed by atoms with Crippen LogP contribution in [0.5, 0.6) is 0 Å². The van der Waals surface area contributed by atoms with E-state index in [9.17, 15) is 0 Å². The third kappa shape index (κ3) is 4.83. The molecule has 0 aromatic rings. The van der Waals surface area contributed by atoms with Crippen molar-refractivity contribution in [3.05, 3.63) is 0 Å². The lowest BCUT2D eigenvalue weighted by atomic mass is 9.98. The van der Waals surface area contributed by atoms with E-state index < -0.39 is 0 Å². The van der Waals surface area contributed by atoms with Crippen LogP contribution < -0.4 is 0 Å². The molecular formula is C12H24BrNO. The molecule has 90 valence electrons. The Morgan fingerprint density at radius 1 is 1.47 bits per heavy atom. The second-order valence-electron chi connectivity index (χ2n) is 5.18. The lowest BCUT2D eigenvalue weighted by Crippen LogP contribution is -2.39. The number of ether oxygens (including phenoxy) is 1. The molecule has 1 atom stereocenters. The average Bonchev–Trinajstić information content (AvgIpc) is 2.27. The van der Waals surface area contributed by atoms with Gasteiger partial charge >= 0.3 is 0 Å². The van der Waals surface area contributed by atoms with Gasteiger partial charge in [0.2, 0.25) is 0 Å². The van der Waals surface area contributed by atoms with Crippen LogP contribution in [0.1, 0.15) is 33.1 Å². The van der Waals surface area contributed by atoms with Gasteiger partial charge in [-0.25, -0.2) is 0 Å². The number of methoxy groups -OCH3 is 1. The van der Waals surface area contributed by atoms with Crippen LogP contribution in [0.15, 0.2) is 0 Å². The fourth-order valence-electron chi connectivity index (χ4n) is 2.01. The third-order valence-corrected chi connectivity index (χ3v) is 4.32. The van der Waals surface area contributed by atoms with Crippen LogP contribution in [0.4, 0.5) is 0 Å². The molecule has 1 aliphatic rings. The first-order chi connectivity index (χ1) is 7.07. The lowest BCUT2D eigenvalue weighted by Gasteiger charge is -2.34. The van der Waals surface area contributed by atoms with E-state index in [-0.39, 0.29) is 5.60 Å². The number of piperidine rings is 1. The van der Waals surface area contributed by atoms with Gasteiger partial charge in [0.1, 0.15) is 0 Å². The molecule has 0 saturated carbocycles. The summed E-state index contributed by atoms with van der Waals surface area (Å²) in [5, 5.41) is 1.15. The fraction of sp³-hybridized carbons (Fsp3) is 1.00. The van der Waals surface area contributed by atoms with Gasteiger partial charge in [0, 0.05) is 25.5 Å². The van der Waals surface area contributed by atoms with Crippen molar-refractivity contribution < 1.29 is 4.74 Å². The number of hydrogen-bond acceptors (Lipinski definition) is 2. The standard InChI is InChI=1S/C12H24BrNO/c1-12(2,15-3)6-8-14-7-4-5-11(9-13)10-14/h11H,4-10H2,1-3H3. The zero-order valence-corrected chi connectivity index (χ0v) is 11.8. The Labute approximate surface area is 102 Å². The molecule has 0 aromatic heterocycles. The maximum atomic E-state index is 5.45. The third-order valence-electron chi connectivity index (χ3n) is 3.40. The highest BCUT2D eigenvalue weighted by Gasteiger charge is 2.22. The van der Waals surface area contributed by atoms with Crippen molar-refractivity contribution >= 4 is 15.9 Å².